The molecule has 1 N–H and O–H groups in total. The number of fused-ring (bicyclic) bond motifs is 1. The maximum absolute atomic E-state index is 12.6. The van der Waals surface area contributed by atoms with Gasteiger partial charge in [0.15, 0.2) is 5.78 Å². The number of nitrogens with one attached hydrogen (secondary N) is 1. The van der Waals surface area contributed by atoms with Crippen LogP contribution in [0.15, 0.2) is 17.4 Å². The van der Waals surface area contributed by atoms with Gasteiger partial charge in [0.05, 0.1) is 29.3 Å². The zero-order valence-electron chi connectivity index (χ0n) is 21.5. The molecule has 1 atom stereocenters. The van der Waals surface area contributed by atoms with Gasteiger partial charge in [0.25, 0.3) is 0 Å². The first kappa shape index (κ1) is 25.4. The van der Waals surface area contributed by atoms with Crippen LogP contribution in [0.5, 0.6) is 0 Å². The molecule has 0 spiro atoms. The molecule has 0 aliphatic carbocycles. The van der Waals surface area contributed by atoms with E-state index in [4.69, 9.17) is 14.7 Å². The van der Waals surface area contributed by atoms with Gasteiger partial charge in [-0.05, 0) is 70.3 Å². The lowest BCUT2D eigenvalue weighted by molar-refractivity contribution is 0.0904. The summed E-state index contributed by atoms with van der Waals surface area (Å²) in [6, 6.07) is 0.767. The normalized spacial score (nSPS) is 18.2. The maximum Gasteiger partial charge on any atom is 0.182 e. The van der Waals surface area contributed by atoms with Crippen molar-refractivity contribution in [3.05, 3.63) is 46.3 Å². The average Bonchev–Trinajstić information content (AvgIpc) is 3.10. The predicted octanol–water partition coefficient (Wildman–Crippen LogP) is 5.07. The van der Waals surface area contributed by atoms with Gasteiger partial charge >= 0.3 is 0 Å². The van der Waals surface area contributed by atoms with Gasteiger partial charge in [-0.3, -0.25) is 19.8 Å². The number of pyridine rings is 1. The highest BCUT2D eigenvalue weighted by molar-refractivity contribution is 5.94. The molecule has 2 aromatic heterocycles. The van der Waals surface area contributed by atoms with E-state index in [1.165, 1.54) is 28.2 Å². The number of rotatable bonds is 10. The third-order valence-electron chi connectivity index (χ3n) is 7.15. The van der Waals surface area contributed by atoms with Crippen molar-refractivity contribution in [3.8, 4) is 0 Å². The molecule has 0 saturated carbocycles. The van der Waals surface area contributed by atoms with Gasteiger partial charge in [-0.25, -0.2) is 4.98 Å². The number of hydrogen-bond donors (Lipinski definition) is 1. The molecular weight excluding hydrogens is 438 g/mol. The van der Waals surface area contributed by atoms with Crippen molar-refractivity contribution in [2.75, 3.05) is 18.5 Å². The van der Waals surface area contributed by atoms with Crippen LogP contribution in [-0.2, 0) is 24.0 Å². The number of nitrogens with zero attached hydrogens (tertiary/aromatic N) is 4. The smallest absolute Gasteiger partial charge is 0.182 e. The minimum Gasteiger partial charge on any atom is -0.381 e. The molecular formula is C28H39N5O2. The Morgan fingerprint density at radius 1 is 1.11 bits per heavy atom. The number of Topliss-reactive ketones (excluding diaryl/α,β-unsaturated/α-hetero) is 1. The van der Waals surface area contributed by atoms with Gasteiger partial charge in [-0.15, -0.1) is 0 Å². The largest absolute Gasteiger partial charge is 0.381 e. The summed E-state index contributed by atoms with van der Waals surface area (Å²) in [7, 11) is 0. The standard InChI is InChI=1S/C28H39N5O2/c1-4-20-10-11-25-23(17-30-20)28(32-21-12-14-35-15-13-21)22(24(5-2)33-25)8-6-7-9-27(34)26-18-29-19(3)16-31-26/h16-18,20-21H,4-15H2,1-3H3,(H,32,33). The highest BCUT2D eigenvalue weighted by atomic mass is 16.5. The lowest BCUT2D eigenvalue weighted by atomic mass is 9.95. The minimum atomic E-state index is 0.0616. The van der Waals surface area contributed by atoms with Gasteiger partial charge in [0.1, 0.15) is 5.69 Å². The monoisotopic (exact) mass is 477 g/mol. The predicted molar refractivity (Wildman–Crippen MR) is 140 cm³/mol. The van der Waals surface area contributed by atoms with E-state index in [1.807, 2.05) is 6.92 Å². The topological polar surface area (TPSA) is 89.4 Å². The van der Waals surface area contributed by atoms with Crippen LogP contribution in [0.4, 0.5) is 5.69 Å². The highest BCUT2D eigenvalue weighted by Crippen LogP contribution is 2.32. The van der Waals surface area contributed by atoms with Crippen LogP contribution in [0.25, 0.3) is 0 Å². The Hall–Kier alpha value is -2.67. The highest BCUT2D eigenvalue weighted by Gasteiger charge is 2.24. The third kappa shape index (κ3) is 6.51. The van der Waals surface area contributed by atoms with Crippen LogP contribution in [0.3, 0.4) is 0 Å². The summed E-state index contributed by atoms with van der Waals surface area (Å²) in [5.41, 5.74) is 7.32. The van der Waals surface area contributed by atoms with E-state index in [2.05, 4.69) is 35.3 Å². The summed E-state index contributed by atoms with van der Waals surface area (Å²) >= 11 is 0. The van der Waals surface area contributed by atoms with Gasteiger partial charge in [0, 0.05) is 49.3 Å². The van der Waals surface area contributed by atoms with Crippen molar-refractivity contribution in [1.29, 1.82) is 0 Å². The Kier molecular flexibility index (Phi) is 8.96. The maximum atomic E-state index is 12.6. The van der Waals surface area contributed by atoms with Crippen LogP contribution < -0.4 is 5.32 Å². The van der Waals surface area contributed by atoms with E-state index in [0.29, 0.717) is 24.2 Å². The number of aromatic nitrogens is 3. The van der Waals surface area contributed by atoms with Crippen LogP contribution in [0.2, 0.25) is 0 Å². The van der Waals surface area contributed by atoms with E-state index < -0.39 is 0 Å². The van der Waals surface area contributed by atoms with Crippen molar-refractivity contribution < 1.29 is 9.53 Å². The van der Waals surface area contributed by atoms with E-state index in [9.17, 15) is 4.79 Å². The van der Waals surface area contributed by atoms with Crippen molar-refractivity contribution in [3.63, 3.8) is 0 Å². The molecule has 0 amide bonds. The lowest BCUT2D eigenvalue weighted by Crippen LogP contribution is -2.29. The number of ether oxygens (including phenoxy) is 1. The zero-order chi connectivity index (χ0) is 24.6. The number of unbranched alkanes of at least 4 members (excludes halogenated alkanes) is 1. The van der Waals surface area contributed by atoms with E-state index in [0.717, 1.165) is 76.7 Å². The SMILES string of the molecule is CCc1nc2c(c(NC3CCOCC3)c1CCCCC(=O)c1cnc(C)cn1)C=NC(CC)CC2. The first-order valence-electron chi connectivity index (χ1n) is 13.3. The second kappa shape index (κ2) is 12.3. The van der Waals surface area contributed by atoms with Crippen molar-refractivity contribution in [2.45, 2.75) is 97.1 Å². The van der Waals surface area contributed by atoms with Gasteiger partial charge in [-0.1, -0.05) is 13.8 Å². The molecule has 0 aromatic carbocycles. The summed E-state index contributed by atoms with van der Waals surface area (Å²) < 4.78 is 5.60. The number of ketones is 1. The second-order valence-electron chi connectivity index (χ2n) is 9.71. The number of carbonyl (C=O) groups excluding carboxylic acids is 1. The first-order valence-corrected chi connectivity index (χ1v) is 13.3. The van der Waals surface area contributed by atoms with Crippen molar-refractivity contribution in [2.24, 2.45) is 4.99 Å². The number of anilines is 1. The van der Waals surface area contributed by atoms with Crippen molar-refractivity contribution >= 4 is 17.7 Å². The van der Waals surface area contributed by atoms with E-state index in [-0.39, 0.29) is 5.78 Å². The van der Waals surface area contributed by atoms with Crippen molar-refractivity contribution in [1.82, 2.24) is 15.0 Å². The molecule has 0 bridgehead atoms. The molecule has 7 heteroatoms. The molecule has 188 valence electrons. The molecule has 1 fully saturated rings. The fourth-order valence-electron chi connectivity index (χ4n) is 4.96. The molecule has 1 saturated heterocycles. The Bertz CT molecular complexity index is 1030. The molecule has 2 aliphatic heterocycles. The zero-order valence-corrected chi connectivity index (χ0v) is 21.5. The molecule has 7 nitrogen and oxygen atoms in total. The fourth-order valence-corrected chi connectivity index (χ4v) is 4.96. The second-order valence-corrected chi connectivity index (χ2v) is 9.71. The Balaban J connectivity index is 1.53. The van der Waals surface area contributed by atoms with Gasteiger partial charge in [0.2, 0.25) is 0 Å². The van der Waals surface area contributed by atoms with Crippen LogP contribution in [0.1, 0.15) is 97.5 Å². The third-order valence-corrected chi connectivity index (χ3v) is 7.15. The summed E-state index contributed by atoms with van der Waals surface area (Å²) in [4.78, 5) is 31.0. The molecule has 4 rings (SSSR count). The molecule has 1 unspecified atom stereocenters. The number of aryl methyl sites for hydroxylation is 3. The number of carbonyl (C=O) groups is 1. The molecule has 2 aromatic rings. The number of hydrogen-bond acceptors (Lipinski definition) is 7. The molecule has 0 radical (unpaired) electrons. The molecule has 4 heterocycles. The fraction of sp³-hybridized carbons (Fsp3) is 0.607. The molecule has 35 heavy (non-hydrogen) atoms. The van der Waals surface area contributed by atoms with Crippen LogP contribution in [0, 0.1) is 6.92 Å². The Labute approximate surface area is 209 Å². The summed E-state index contributed by atoms with van der Waals surface area (Å²) in [6.45, 7) is 7.88. The van der Waals surface area contributed by atoms with Gasteiger partial charge in [-0.2, -0.15) is 0 Å². The Morgan fingerprint density at radius 3 is 2.66 bits per heavy atom. The summed E-state index contributed by atoms with van der Waals surface area (Å²) in [6.07, 6.45) is 14.4. The quantitative estimate of drug-likeness (QED) is 0.379. The van der Waals surface area contributed by atoms with E-state index in [1.54, 1.807) is 12.4 Å². The average molecular weight is 478 g/mol. The van der Waals surface area contributed by atoms with Gasteiger partial charge < -0.3 is 10.1 Å². The summed E-state index contributed by atoms with van der Waals surface area (Å²) in [5.74, 6) is 0.0616. The van der Waals surface area contributed by atoms with E-state index >= 15 is 0 Å². The van der Waals surface area contributed by atoms with Crippen LogP contribution >= 0.6 is 0 Å². The lowest BCUT2D eigenvalue weighted by Gasteiger charge is -2.28. The molecule has 2 aliphatic rings. The Morgan fingerprint density at radius 2 is 1.94 bits per heavy atom. The first-order chi connectivity index (χ1) is 17.1. The number of aliphatic imine (C=N–C) groups is 1. The van der Waals surface area contributed by atoms with Crippen LogP contribution in [-0.4, -0.2) is 52.2 Å². The minimum absolute atomic E-state index is 0.0616. The summed E-state index contributed by atoms with van der Waals surface area (Å²) in [5, 5.41) is 3.90.